The predicted molar refractivity (Wildman–Crippen MR) is 43.2 cm³/mol. The van der Waals surface area contributed by atoms with Crippen LogP contribution in [0.2, 0.25) is 0 Å². The number of hydrogen-bond donors (Lipinski definition) is 1. The summed E-state index contributed by atoms with van der Waals surface area (Å²) in [6.07, 6.45) is 3.98. The van der Waals surface area contributed by atoms with Crippen molar-refractivity contribution in [3.8, 4) is 0 Å². The van der Waals surface area contributed by atoms with Gasteiger partial charge >= 0.3 is 0 Å². The zero-order valence-corrected chi connectivity index (χ0v) is 6.89. The highest BCUT2D eigenvalue weighted by Gasteiger charge is 2.21. The van der Waals surface area contributed by atoms with Crippen molar-refractivity contribution in [3.05, 3.63) is 23.5 Å². The van der Waals surface area contributed by atoms with Crippen molar-refractivity contribution in [2.45, 2.75) is 20.3 Å². The second-order valence-corrected chi connectivity index (χ2v) is 3.65. The normalized spacial score (nSPS) is 22.5. The Hall–Kier alpha value is -0.790. The van der Waals surface area contributed by atoms with Crippen LogP contribution in [0.25, 0.3) is 0 Å². The summed E-state index contributed by atoms with van der Waals surface area (Å²) in [6, 6.07) is 0. The van der Waals surface area contributed by atoms with Gasteiger partial charge in [0.05, 0.1) is 5.76 Å². The Labute approximate surface area is 66.2 Å². The fourth-order valence-corrected chi connectivity index (χ4v) is 1.40. The molecule has 0 aromatic carbocycles. The van der Waals surface area contributed by atoms with Crippen molar-refractivity contribution < 1.29 is 9.50 Å². The van der Waals surface area contributed by atoms with E-state index < -0.39 is 6.67 Å². The summed E-state index contributed by atoms with van der Waals surface area (Å²) in [7, 11) is 0. The summed E-state index contributed by atoms with van der Waals surface area (Å²) in [5, 5.41) is 9.20. The molecule has 0 saturated carbocycles. The highest BCUT2D eigenvalue weighted by Crippen LogP contribution is 2.31. The number of halogens is 1. The first kappa shape index (κ1) is 8.31. The van der Waals surface area contributed by atoms with Gasteiger partial charge < -0.3 is 5.11 Å². The van der Waals surface area contributed by atoms with Crippen LogP contribution in [0.4, 0.5) is 4.39 Å². The van der Waals surface area contributed by atoms with Gasteiger partial charge in [-0.3, -0.25) is 0 Å². The first-order chi connectivity index (χ1) is 5.03. The van der Waals surface area contributed by atoms with Crippen LogP contribution in [-0.4, -0.2) is 11.8 Å². The van der Waals surface area contributed by atoms with Crippen molar-refractivity contribution in [2.75, 3.05) is 6.67 Å². The van der Waals surface area contributed by atoms with Gasteiger partial charge in [0.2, 0.25) is 0 Å². The van der Waals surface area contributed by atoms with Crippen LogP contribution >= 0.6 is 0 Å². The summed E-state index contributed by atoms with van der Waals surface area (Å²) < 4.78 is 12.2. The van der Waals surface area contributed by atoms with Gasteiger partial charge in [-0.2, -0.15) is 0 Å². The van der Waals surface area contributed by atoms with Gasteiger partial charge in [-0.25, -0.2) is 4.39 Å². The lowest BCUT2D eigenvalue weighted by Gasteiger charge is -2.24. The van der Waals surface area contributed by atoms with Gasteiger partial charge in [0.1, 0.15) is 6.67 Å². The average Bonchev–Trinajstić information content (AvgIpc) is 1.83. The van der Waals surface area contributed by atoms with Crippen LogP contribution in [0.3, 0.4) is 0 Å². The van der Waals surface area contributed by atoms with E-state index >= 15 is 0 Å². The Morgan fingerprint density at radius 2 is 2.27 bits per heavy atom. The van der Waals surface area contributed by atoms with Crippen molar-refractivity contribution in [1.82, 2.24) is 0 Å². The van der Waals surface area contributed by atoms with Crippen molar-refractivity contribution >= 4 is 0 Å². The Morgan fingerprint density at radius 1 is 1.64 bits per heavy atom. The topological polar surface area (TPSA) is 20.2 Å². The number of rotatable bonds is 1. The molecule has 1 nitrogen and oxygen atoms in total. The lowest BCUT2D eigenvalue weighted by molar-refractivity contribution is 0.319. The first-order valence-electron chi connectivity index (χ1n) is 3.71. The fourth-order valence-electron chi connectivity index (χ4n) is 1.40. The van der Waals surface area contributed by atoms with Gasteiger partial charge in [0.25, 0.3) is 0 Å². The summed E-state index contributed by atoms with van der Waals surface area (Å²) in [6.45, 7) is 3.46. The number of alkyl halides is 1. The van der Waals surface area contributed by atoms with E-state index in [4.69, 9.17) is 0 Å². The molecule has 0 aromatic heterocycles. The predicted octanol–water partition coefficient (Wildman–Crippen LogP) is 2.75. The van der Waals surface area contributed by atoms with Gasteiger partial charge in [-0.05, 0) is 17.1 Å². The van der Waals surface area contributed by atoms with Crippen LogP contribution in [0.5, 0.6) is 0 Å². The van der Waals surface area contributed by atoms with E-state index in [1.165, 1.54) is 6.08 Å². The summed E-state index contributed by atoms with van der Waals surface area (Å²) in [5.41, 5.74) is 0.485. The zero-order chi connectivity index (χ0) is 8.48. The van der Waals surface area contributed by atoms with E-state index in [-0.39, 0.29) is 11.2 Å². The summed E-state index contributed by atoms with van der Waals surface area (Å²) in [5.74, 6) is 0.283. The maximum Gasteiger partial charge on any atom is 0.114 e. The molecule has 1 N–H and O–H groups in total. The van der Waals surface area contributed by atoms with Gasteiger partial charge in [-0.1, -0.05) is 19.9 Å². The molecule has 11 heavy (non-hydrogen) atoms. The molecule has 2 heteroatoms. The molecule has 0 aromatic rings. The number of aliphatic hydroxyl groups excluding tert-OH is 1. The lowest BCUT2D eigenvalue weighted by atomic mass is 9.83. The Kier molecular flexibility index (Phi) is 2.03. The molecule has 0 heterocycles. The van der Waals surface area contributed by atoms with Crippen LogP contribution in [0.1, 0.15) is 20.3 Å². The molecular formula is C9H13FO. The molecule has 1 rings (SSSR count). The molecule has 0 bridgehead atoms. The van der Waals surface area contributed by atoms with E-state index in [0.717, 1.165) is 0 Å². The monoisotopic (exact) mass is 156 g/mol. The number of aliphatic hydroxyl groups is 1. The molecule has 0 unspecified atom stereocenters. The highest BCUT2D eigenvalue weighted by atomic mass is 19.1. The van der Waals surface area contributed by atoms with E-state index in [2.05, 4.69) is 0 Å². The SMILES string of the molecule is CC1(C)C=C(CF)C=C(O)C1. The molecule has 0 aliphatic heterocycles. The van der Waals surface area contributed by atoms with E-state index in [9.17, 15) is 9.50 Å². The third kappa shape index (κ3) is 2.07. The van der Waals surface area contributed by atoms with Crippen LogP contribution < -0.4 is 0 Å². The van der Waals surface area contributed by atoms with Crippen molar-refractivity contribution in [3.63, 3.8) is 0 Å². The second kappa shape index (κ2) is 2.68. The van der Waals surface area contributed by atoms with Crippen LogP contribution in [0, 0.1) is 5.41 Å². The Balaban J connectivity index is 2.86. The quantitative estimate of drug-likeness (QED) is 0.619. The minimum Gasteiger partial charge on any atom is -0.512 e. The molecule has 0 radical (unpaired) electrons. The second-order valence-electron chi connectivity index (χ2n) is 3.65. The Bertz CT molecular complexity index is 214. The van der Waals surface area contributed by atoms with Crippen molar-refractivity contribution in [2.24, 2.45) is 5.41 Å². The summed E-state index contributed by atoms with van der Waals surface area (Å²) in [4.78, 5) is 0. The standard InChI is InChI=1S/C9H13FO/c1-9(2)4-7(6-10)3-8(11)5-9/h3-4,11H,5-6H2,1-2H3. The van der Waals surface area contributed by atoms with Gasteiger partial charge in [0.15, 0.2) is 0 Å². The largest absolute Gasteiger partial charge is 0.512 e. The summed E-state index contributed by atoms with van der Waals surface area (Å²) >= 11 is 0. The van der Waals surface area contributed by atoms with E-state index in [0.29, 0.717) is 12.0 Å². The molecule has 0 fully saturated rings. The molecule has 62 valence electrons. The van der Waals surface area contributed by atoms with Crippen LogP contribution in [-0.2, 0) is 0 Å². The van der Waals surface area contributed by atoms with Gasteiger partial charge in [0, 0.05) is 6.42 Å². The third-order valence-corrected chi connectivity index (χ3v) is 1.72. The molecule has 1 aliphatic rings. The number of allylic oxidation sites excluding steroid dienone is 4. The highest BCUT2D eigenvalue weighted by molar-refractivity contribution is 5.28. The molecule has 0 saturated heterocycles. The maximum atomic E-state index is 12.2. The smallest absolute Gasteiger partial charge is 0.114 e. The molecule has 0 spiro atoms. The van der Waals surface area contributed by atoms with Gasteiger partial charge in [-0.15, -0.1) is 0 Å². The minimum atomic E-state index is -0.493. The number of hydrogen-bond acceptors (Lipinski definition) is 1. The molecule has 1 aliphatic carbocycles. The maximum absolute atomic E-state index is 12.2. The fraction of sp³-hybridized carbons (Fsp3) is 0.556. The molecule has 0 atom stereocenters. The van der Waals surface area contributed by atoms with Crippen molar-refractivity contribution in [1.29, 1.82) is 0 Å². The Morgan fingerprint density at radius 3 is 2.73 bits per heavy atom. The first-order valence-corrected chi connectivity index (χ1v) is 3.71. The average molecular weight is 156 g/mol. The van der Waals surface area contributed by atoms with Crippen LogP contribution in [0.15, 0.2) is 23.5 Å². The molecule has 0 amide bonds. The lowest BCUT2D eigenvalue weighted by Crippen LogP contribution is -2.13. The minimum absolute atomic E-state index is 0.0970. The van der Waals surface area contributed by atoms with E-state index in [1.807, 2.05) is 19.9 Å². The van der Waals surface area contributed by atoms with E-state index in [1.54, 1.807) is 0 Å². The third-order valence-electron chi connectivity index (χ3n) is 1.72. The molecular weight excluding hydrogens is 143 g/mol. The zero-order valence-electron chi connectivity index (χ0n) is 6.89.